The van der Waals surface area contributed by atoms with Crippen LogP contribution in [0, 0.1) is 18.8 Å². The van der Waals surface area contributed by atoms with Gasteiger partial charge in [0.05, 0.1) is 31.2 Å². The predicted octanol–water partition coefficient (Wildman–Crippen LogP) is 3.00. The second kappa shape index (κ2) is 8.82. The van der Waals surface area contributed by atoms with E-state index in [2.05, 4.69) is 23.4 Å². The van der Waals surface area contributed by atoms with Gasteiger partial charge >= 0.3 is 0 Å². The van der Waals surface area contributed by atoms with Gasteiger partial charge in [-0.1, -0.05) is 12.5 Å². The fourth-order valence-electron chi connectivity index (χ4n) is 4.01. The van der Waals surface area contributed by atoms with Crippen LogP contribution in [0.5, 0.6) is 11.5 Å². The molecule has 1 amide bonds. The Labute approximate surface area is 190 Å². The summed E-state index contributed by atoms with van der Waals surface area (Å²) in [5.74, 6) is 6.10. The summed E-state index contributed by atoms with van der Waals surface area (Å²) in [6, 6.07) is 5.21. The second-order valence-corrected chi connectivity index (χ2v) is 7.79. The van der Waals surface area contributed by atoms with E-state index in [9.17, 15) is 9.18 Å². The summed E-state index contributed by atoms with van der Waals surface area (Å²) < 4.78 is 25.8. The lowest BCUT2D eigenvalue weighted by atomic mass is 10.1. The van der Waals surface area contributed by atoms with Gasteiger partial charge in [0.1, 0.15) is 23.0 Å². The first-order valence-electron chi connectivity index (χ1n) is 10.3. The molecule has 1 aromatic carbocycles. The molecule has 0 unspecified atom stereocenters. The highest BCUT2D eigenvalue weighted by Gasteiger charge is 2.31. The average Bonchev–Trinajstić information content (AvgIpc) is 3.45. The zero-order valence-corrected chi connectivity index (χ0v) is 18.7. The van der Waals surface area contributed by atoms with Gasteiger partial charge in [0, 0.05) is 30.9 Å². The number of nitrogen functional groups attached to an aromatic ring is 1. The molecule has 0 radical (unpaired) electrons. The number of benzene rings is 1. The van der Waals surface area contributed by atoms with E-state index < -0.39 is 11.7 Å². The average molecular weight is 449 g/mol. The Hall–Kier alpha value is -4.06. The molecular weight excluding hydrogens is 425 g/mol. The molecule has 1 fully saturated rings. The van der Waals surface area contributed by atoms with Gasteiger partial charge in [-0.15, -0.1) is 0 Å². The Bertz CT molecular complexity index is 1300. The quantitative estimate of drug-likeness (QED) is 0.486. The number of hydrogen-bond donors (Lipinski definition) is 1. The summed E-state index contributed by atoms with van der Waals surface area (Å²) in [7, 11) is 3.15. The van der Waals surface area contributed by atoms with E-state index in [0.717, 1.165) is 11.1 Å². The number of anilines is 1. The highest BCUT2D eigenvalue weighted by Crippen LogP contribution is 2.32. The standard InChI is InChI=1S/C24H24FN5O3/c1-14-12-27-23(26)21-20(6-5-16-9-18(32-3)11-19(10-16)33-4)28-30(22(14)21)17-7-8-29(13-17)24(31)15(2)25/h9-12,17H,2,7-8,13H2,1,3-4H3,(H2,26,27)/t17-/m0/s1. The van der Waals surface area contributed by atoms with Crippen LogP contribution in [0.15, 0.2) is 36.8 Å². The molecular formula is C24H24FN5O3. The molecule has 3 heterocycles. The summed E-state index contributed by atoms with van der Waals surface area (Å²) in [6.07, 6.45) is 2.30. The van der Waals surface area contributed by atoms with Gasteiger partial charge in [0.2, 0.25) is 0 Å². The third kappa shape index (κ3) is 4.20. The van der Waals surface area contributed by atoms with Crippen molar-refractivity contribution in [3.05, 3.63) is 53.6 Å². The molecule has 0 bridgehead atoms. The summed E-state index contributed by atoms with van der Waals surface area (Å²) in [6.45, 7) is 5.76. The van der Waals surface area contributed by atoms with E-state index in [4.69, 9.17) is 20.3 Å². The van der Waals surface area contributed by atoms with Crippen molar-refractivity contribution in [3.63, 3.8) is 0 Å². The van der Waals surface area contributed by atoms with Crippen LogP contribution in [0.4, 0.5) is 10.2 Å². The second-order valence-electron chi connectivity index (χ2n) is 7.79. The van der Waals surface area contributed by atoms with Crippen LogP contribution in [-0.4, -0.2) is 52.9 Å². The number of pyridine rings is 1. The van der Waals surface area contributed by atoms with Gasteiger partial charge in [0.25, 0.3) is 5.91 Å². The van der Waals surface area contributed by atoms with Crippen LogP contribution in [0.25, 0.3) is 10.9 Å². The molecule has 2 aromatic heterocycles. The van der Waals surface area contributed by atoms with Gasteiger partial charge in [0.15, 0.2) is 5.83 Å². The fourth-order valence-corrected chi connectivity index (χ4v) is 4.01. The van der Waals surface area contributed by atoms with E-state index in [1.165, 1.54) is 4.90 Å². The summed E-state index contributed by atoms with van der Waals surface area (Å²) in [5.41, 5.74) is 9.05. The third-order valence-corrected chi connectivity index (χ3v) is 5.64. The molecule has 170 valence electrons. The molecule has 8 nitrogen and oxygen atoms in total. The van der Waals surface area contributed by atoms with E-state index in [0.29, 0.717) is 53.5 Å². The number of nitrogens with two attached hydrogens (primary N) is 1. The number of ether oxygens (including phenoxy) is 2. The first-order valence-corrected chi connectivity index (χ1v) is 10.3. The summed E-state index contributed by atoms with van der Waals surface area (Å²) in [4.78, 5) is 17.7. The van der Waals surface area contributed by atoms with Gasteiger partial charge in [-0.05, 0) is 37.0 Å². The van der Waals surface area contributed by atoms with Gasteiger partial charge in [-0.2, -0.15) is 5.10 Å². The van der Waals surface area contributed by atoms with Crippen LogP contribution < -0.4 is 15.2 Å². The number of methoxy groups -OCH3 is 2. The molecule has 1 saturated heterocycles. The normalized spacial score (nSPS) is 15.3. The Morgan fingerprint density at radius 1 is 1.24 bits per heavy atom. The number of amides is 1. The zero-order valence-electron chi connectivity index (χ0n) is 18.7. The Balaban J connectivity index is 1.78. The molecule has 4 rings (SSSR count). The SMILES string of the molecule is C=C(F)C(=O)N1CC[C@H](n2nc(C#Cc3cc(OC)cc(OC)c3)c3c(N)ncc(C)c32)C1. The predicted molar refractivity (Wildman–Crippen MR) is 123 cm³/mol. The molecule has 1 aliphatic rings. The monoisotopic (exact) mass is 449 g/mol. The van der Waals surface area contributed by atoms with Gasteiger partial charge < -0.3 is 20.1 Å². The fraction of sp³-hybridized carbons (Fsp3) is 0.292. The van der Waals surface area contributed by atoms with Gasteiger partial charge in [-0.3, -0.25) is 9.48 Å². The van der Waals surface area contributed by atoms with E-state index in [1.807, 2.05) is 11.6 Å². The lowest BCUT2D eigenvalue weighted by molar-refractivity contribution is -0.127. The lowest BCUT2D eigenvalue weighted by Crippen LogP contribution is -2.29. The van der Waals surface area contributed by atoms with Gasteiger partial charge in [-0.25, -0.2) is 9.37 Å². The number of hydrogen-bond acceptors (Lipinski definition) is 6. The molecule has 3 aromatic rings. The number of aromatic nitrogens is 3. The minimum Gasteiger partial charge on any atom is -0.497 e. The van der Waals surface area contributed by atoms with Crippen molar-refractivity contribution >= 4 is 22.6 Å². The summed E-state index contributed by atoms with van der Waals surface area (Å²) >= 11 is 0. The number of likely N-dealkylation sites (tertiary alicyclic amines) is 1. The third-order valence-electron chi connectivity index (χ3n) is 5.64. The van der Waals surface area contributed by atoms with Crippen molar-refractivity contribution in [3.8, 4) is 23.3 Å². The first kappa shape index (κ1) is 22.1. The molecule has 0 saturated carbocycles. The van der Waals surface area contributed by atoms with Crippen LogP contribution in [0.3, 0.4) is 0 Å². The Morgan fingerprint density at radius 3 is 2.58 bits per heavy atom. The van der Waals surface area contributed by atoms with Crippen molar-refractivity contribution in [2.75, 3.05) is 33.0 Å². The molecule has 1 aliphatic heterocycles. The largest absolute Gasteiger partial charge is 0.497 e. The molecule has 0 aliphatic carbocycles. The Kier molecular flexibility index (Phi) is 5.92. The zero-order chi connectivity index (χ0) is 23.7. The van der Waals surface area contributed by atoms with Crippen LogP contribution in [0.2, 0.25) is 0 Å². The van der Waals surface area contributed by atoms with Crippen molar-refractivity contribution in [1.82, 2.24) is 19.7 Å². The minimum absolute atomic E-state index is 0.149. The Morgan fingerprint density at radius 2 is 1.94 bits per heavy atom. The van der Waals surface area contributed by atoms with E-state index in [-0.39, 0.29) is 6.04 Å². The molecule has 0 spiro atoms. The van der Waals surface area contributed by atoms with Crippen molar-refractivity contribution < 1.29 is 18.7 Å². The number of carbonyl (C=O) groups excluding carboxylic acids is 1. The first-order chi connectivity index (χ1) is 15.8. The number of fused-ring (bicyclic) bond motifs is 1. The van der Waals surface area contributed by atoms with Crippen molar-refractivity contribution in [2.45, 2.75) is 19.4 Å². The maximum absolute atomic E-state index is 13.4. The van der Waals surface area contributed by atoms with Crippen LogP contribution in [-0.2, 0) is 4.79 Å². The lowest BCUT2D eigenvalue weighted by Gasteiger charge is -2.16. The highest BCUT2D eigenvalue weighted by molar-refractivity contribution is 5.95. The van der Waals surface area contributed by atoms with Crippen LogP contribution >= 0.6 is 0 Å². The maximum atomic E-state index is 13.4. The molecule has 2 N–H and O–H groups in total. The van der Waals surface area contributed by atoms with Crippen LogP contribution in [0.1, 0.15) is 29.3 Å². The number of aryl methyl sites for hydroxylation is 1. The smallest absolute Gasteiger partial charge is 0.282 e. The molecule has 9 heteroatoms. The summed E-state index contributed by atoms with van der Waals surface area (Å²) in [5, 5.41) is 5.39. The molecule has 33 heavy (non-hydrogen) atoms. The minimum atomic E-state index is -0.967. The molecule has 1 atom stereocenters. The maximum Gasteiger partial charge on any atom is 0.282 e. The number of rotatable bonds is 4. The number of carbonyl (C=O) groups is 1. The van der Waals surface area contributed by atoms with E-state index >= 15 is 0 Å². The topological polar surface area (TPSA) is 95.5 Å². The van der Waals surface area contributed by atoms with E-state index in [1.54, 1.807) is 38.6 Å². The highest BCUT2D eigenvalue weighted by atomic mass is 19.1. The number of halogens is 1. The van der Waals surface area contributed by atoms with Crippen molar-refractivity contribution in [2.24, 2.45) is 0 Å². The van der Waals surface area contributed by atoms with Crippen molar-refractivity contribution in [1.29, 1.82) is 0 Å². The number of nitrogens with zero attached hydrogens (tertiary/aromatic N) is 4.